The van der Waals surface area contributed by atoms with Crippen LogP contribution >= 0.6 is 22.7 Å². The second kappa shape index (κ2) is 14.0. The lowest BCUT2D eigenvalue weighted by atomic mass is 9.97. The number of nitrogens with zero attached hydrogens (tertiary/aromatic N) is 7. The first kappa shape index (κ1) is 31.0. The smallest absolute Gasteiger partial charge is 0.200 e. The SMILES string of the molecule is COc1ccc(CN2CCC(N(c3nc4cccnc4s3)C3CCN(Nc4nc5cccnc5s4)CC3)CC2)cc1OCC(C)C. The minimum Gasteiger partial charge on any atom is -0.493 e. The number of thiazole rings is 2. The van der Waals surface area contributed by atoms with Crippen LogP contribution in [0.3, 0.4) is 0 Å². The molecule has 0 aliphatic carbocycles. The Labute approximate surface area is 278 Å². The maximum atomic E-state index is 6.09. The van der Waals surface area contributed by atoms with E-state index in [1.807, 2.05) is 36.7 Å². The van der Waals surface area contributed by atoms with Gasteiger partial charge in [0.1, 0.15) is 20.7 Å². The van der Waals surface area contributed by atoms with E-state index in [9.17, 15) is 0 Å². The number of aromatic nitrogens is 4. The van der Waals surface area contributed by atoms with E-state index in [2.05, 4.69) is 62.2 Å². The van der Waals surface area contributed by atoms with Gasteiger partial charge in [-0.1, -0.05) is 42.6 Å². The van der Waals surface area contributed by atoms with Gasteiger partial charge in [-0.05, 0) is 73.6 Å². The number of fused-ring (bicyclic) bond motifs is 2. The van der Waals surface area contributed by atoms with E-state index in [1.54, 1.807) is 29.8 Å². The summed E-state index contributed by atoms with van der Waals surface area (Å²) in [6.45, 7) is 9.90. The van der Waals surface area contributed by atoms with E-state index >= 15 is 0 Å². The number of hydrogen-bond donors (Lipinski definition) is 1. The van der Waals surface area contributed by atoms with E-state index in [1.165, 1.54) is 5.56 Å². The first-order valence-electron chi connectivity index (χ1n) is 16.3. The van der Waals surface area contributed by atoms with E-state index in [4.69, 9.17) is 19.4 Å². The highest BCUT2D eigenvalue weighted by Gasteiger charge is 2.34. The molecule has 12 heteroatoms. The molecule has 4 aromatic heterocycles. The van der Waals surface area contributed by atoms with Gasteiger partial charge in [-0.3, -0.25) is 10.3 Å². The van der Waals surface area contributed by atoms with Gasteiger partial charge in [-0.15, -0.1) is 0 Å². The van der Waals surface area contributed by atoms with E-state index in [0.717, 1.165) is 101 Å². The van der Waals surface area contributed by atoms with E-state index in [-0.39, 0.29) is 0 Å². The van der Waals surface area contributed by atoms with Gasteiger partial charge in [0, 0.05) is 57.2 Å². The summed E-state index contributed by atoms with van der Waals surface area (Å²) >= 11 is 3.34. The summed E-state index contributed by atoms with van der Waals surface area (Å²) in [6, 6.07) is 15.2. The Morgan fingerprint density at radius 1 is 0.870 bits per heavy atom. The number of hydrazine groups is 1. The van der Waals surface area contributed by atoms with Gasteiger partial charge in [-0.2, -0.15) is 0 Å². The van der Waals surface area contributed by atoms with Crippen LogP contribution in [0.25, 0.3) is 20.7 Å². The van der Waals surface area contributed by atoms with Gasteiger partial charge in [0.05, 0.1) is 13.7 Å². The standard InChI is InChI=1S/C34H42N8O2S2/c1-23(2)22-44-30-20-24(8-9-29(30)43-3)21-40-16-10-25(11-17-40)42(34-38-28-7-5-15-36-32(28)46-34)26-12-18-41(19-13-26)39-33-37-27-6-4-14-35-31(27)45-33/h4-9,14-15,20,23,25-26H,10-13,16-19,21-22H2,1-3H3,(H,37,39). The number of likely N-dealkylation sites (tertiary alicyclic amines) is 1. The first-order chi connectivity index (χ1) is 22.5. The molecule has 0 unspecified atom stereocenters. The Kier molecular flexibility index (Phi) is 9.48. The molecule has 2 fully saturated rings. The number of hydrogen-bond acceptors (Lipinski definition) is 12. The predicted octanol–water partition coefficient (Wildman–Crippen LogP) is 6.70. The molecule has 2 aliphatic rings. The average Bonchev–Trinajstić information content (AvgIpc) is 3.69. The zero-order valence-corrected chi connectivity index (χ0v) is 28.4. The summed E-state index contributed by atoms with van der Waals surface area (Å²) in [6.07, 6.45) is 8.02. The molecule has 10 nitrogen and oxygen atoms in total. The van der Waals surface area contributed by atoms with Gasteiger partial charge in [0.15, 0.2) is 21.8 Å². The summed E-state index contributed by atoms with van der Waals surface area (Å²) in [5.41, 5.74) is 6.75. The van der Waals surface area contributed by atoms with Crippen LogP contribution in [0.1, 0.15) is 45.1 Å². The van der Waals surface area contributed by atoms with Crippen molar-refractivity contribution in [1.82, 2.24) is 29.8 Å². The summed E-state index contributed by atoms with van der Waals surface area (Å²) in [4.78, 5) is 26.1. The third kappa shape index (κ3) is 7.05. The topological polar surface area (TPSA) is 91.8 Å². The summed E-state index contributed by atoms with van der Waals surface area (Å²) in [5, 5.41) is 4.32. The van der Waals surface area contributed by atoms with Crippen LogP contribution < -0.4 is 19.8 Å². The van der Waals surface area contributed by atoms with Crippen molar-refractivity contribution in [3.8, 4) is 11.5 Å². The third-order valence-corrected chi connectivity index (χ3v) is 10.7. The van der Waals surface area contributed by atoms with Crippen LogP contribution in [0.2, 0.25) is 0 Å². The number of pyridine rings is 2. The largest absolute Gasteiger partial charge is 0.493 e. The lowest BCUT2D eigenvalue weighted by Gasteiger charge is -2.45. The average molecular weight is 659 g/mol. The lowest BCUT2D eigenvalue weighted by molar-refractivity contribution is 0.184. The number of ether oxygens (including phenoxy) is 2. The van der Waals surface area contributed by atoms with Gasteiger partial charge >= 0.3 is 0 Å². The van der Waals surface area contributed by atoms with Gasteiger partial charge in [0.2, 0.25) is 0 Å². The number of methoxy groups -OCH3 is 1. The lowest BCUT2D eigenvalue weighted by Crippen LogP contribution is -2.53. The summed E-state index contributed by atoms with van der Waals surface area (Å²) in [7, 11) is 1.70. The van der Waals surface area contributed by atoms with Crippen LogP contribution in [0.15, 0.2) is 54.9 Å². The van der Waals surface area contributed by atoms with Crippen molar-refractivity contribution in [1.29, 1.82) is 0 Å². The number of piperidine rings is 2. The van der Waals surface area contributed by atoms with Crippen LogP contribution in [0.5, 0.6) is 11.5 Å². The molecule has 242 valence electrons. The van der Waals surface area contributed by atoms with Crippen molar-refractivity contribution >= 4 is 53.6 Å². The Hall–Kier alpha value is -3.58. The van der Waals surface area contributed by atoms with Crippen molar-refractivity contribution in [3.63, 3.8) is 0 Å². The highest BCUT2D eigenvalue weighted by Crippen LogP contribution is 2.36. The third-order valence-electron chi connectivity index (χ3n) is 8.81. The van der Waals surface area contributed by atoms with Crippen molar-refractivity contribution in [2.75, 3.05) is 50.2 Å². The Balaban J connectivity index is 1.02. The molecule has 1 N–H and O–H groups in total. The molecule has 0 bridgehead atoms. The van der Waals surface area contributed by atoms with E-state index in [0.29, 0.717) is 24.6 Å². The normalized spacial score (nSPS) is 17.2. The van der Waals surface area contributed by atoms with Crippen molar-refractivity contribution in [2.24, 2.45) is 5.92 Å². The van der Waals surface area contributed by atoms with Crippen molar-refractivity contribution in [2.45, 2.75) is 58.2 Å². The highest BCUT2D eigenvalue weighted by molar-refractivity contribution is 7.22. The van der Waals surface area contributed by atoms with E-state index < -0.39 is 0 Å². The predicted molar refractivity (Wildman–Crippen MR) is 187 cm³/mol. The Morgan fingerprint density at radius 2 is 1.54 bits per heavy atom. The molecule has 0 saturated carbocycles. The van der Waals surface area contributed by atoms with Crippen LogP contribution in [-0.4, -0.2) is 81.8 Å². The second-order valence-electron chi connectivity index (χ2n) is 12.6. The molecule has 0 amide bonds. The van der Waals surface area contributed by atoms with Crippen LogP contribution in [0.4, 0.5) is 10.3 Å². The zero-order valence-electron chi connectivity index (χ0n) is 26.8. The zero-order chi connectivity index (χ0) is 31.5. The molecule has 0 atom stereocenters. The fourth-order valence-corrected chi connectivity index (χ4v) is 8.38. The fourth-order valence-electron chi connectivity index (χ4n) is 6.49. The number of benzene rings is 1. The fraction of sp³-hybridized carbons (Fsp3) is 0.471. The summed E-state index contributed by atoms with van der Waals surface area (Å²) in [5.74, 6) is 2.09. The van der Waals surface area contributed by atoms with Crippen LogP contribution in [0, 0.1) is 5.92 Å². The maximum Gasteiger partial charge on any atom is 0.200 e. The summed E-state index contributed by atoms with van der Waals surface area (Å²) < 4.78 is 11.7. The van der Waals surface area contributed by atoms with Crippen LogP contribution in [-0.2, 0) is 6.54 Å². The monoisotopic (exact) mass is 658 g/mol. The maximum absolute atomic E-state index is 6.09. The molecule has 2 aliphatic heterocycles. The van der Waals surface area contributed by atoms with Gasteiger partial charge in [0.25, 0.3) is 0 Å². The molecule has 5 aromatic rings. The molecule has 6 heterocycles. The van der Waals surface area contributed by atoms with Gasteiger partial charge in [-0.25, -0.2) is 24.9 Å². The molecular weight excluding hydrogens is 617 g/mol. The van der Waals surface area contributed by atoms with Crippen molar-refractivity contribution < 1.29 is 9.47 Å². The molecule has 2 saturated heterocycles. The Bertz CT molecular complexity index is 1680. The second-order valence-corrected chi connectivity index (χ2v) is 14.5. The Morgan fingerprint density at radius 3 is 2.20 bits per heavy atom. The minimum atomic E-state index is 0.425. The van der Waals surface area contributed by atoms with Gasteiger partial charge < -0.3 is 14.4 Å². The molecule has 0 radical (unpaired) electrons. The number of rotatable bonds is 11. The molecular formula is C34H42N8O2S2. The quantitative estimate of drug-likeness (QED) is 0.165. The number of nitrogens with one attached hydrogen (secondary N) is 1. The first-order valence-corrected chi connectivity index (χ1v) is 17.9. The van der Waals surface area contributed by atoms with Crippen molar-refractivity contribution in [3.05, 3.63) is 60.4 Å². The molecule has 7 rings (SSSR count). The molecule has 1 aromatic carbocycles. The molecule has 46 heavy (non-hydrogen) atoms. The highest BCUT2D eigenvalue weighted by atomic mass is 32.1. The number of anilines is 2. The minimum absolute atomic E-state index is 0.425. The molecule has 0 spiro atoms.